The Morgan fingerprint density at radius 1 is 1.60 bits per heavy atom. The molecule has 0 saturated heterocycles. The van der Waals surface area contributed by atoms with Crippen LogP contribution in [0.2, 0.25) is 0 Å². The van der Waals surface area contributed by atoms with Gasteiger partial charge in [0, 0.05) is 13.2 Å². The first-order valence-corrected chi connectivity index (χ1v) is 5.28. The van der Waals surface area contributed by atoms with E-state index in [0.717, 1.165) is 17.7 Å². The summed E-state index contributed by atoms with van der Waals surface area (Å²) in [5.41, 5.74) is 2.61. The zero-order valence-corrected chi connectivity index (χ0v) is 9.79. The van der Waals surface area contributed by atoms with E-state index in [2.05, 4.69) is 24.1 Å². The minimum Gasteiger partial charge on any atom is -0.355 e. The van der Waals surface area contributed by atoms with Crippen LogP contribution in [-0.2, 0) is 0 Å². The summed E-state index contributed by atoms with van der Waals surface area (Å²) in [6.45, 7) is 6.13. The molecule has 1 amide bonds. The number of nitrogens with zero attached hydrogens (tertiary/aromatic N) is 1. The van der Waals surface area contributed by atoms with Crippen LogP contribution in [-0.4, -0.2) is 17.9 Å². The van der Waals surface area contributed by atoms with Gasteiger partial charge in [0.2, 0.25) is 0 Å². The molecule has 3 heteroatoms. The van der Waals surface area contributed by atoms with Crippen molar-refractivity contribution in [2.45, 2.75) is 33.1 Å². The number of amides is 1. The molecule has 15 heavy (non-hydrogen) atoms. The summed E-state index contributed by atoms with van der Waals surface area (Å²) in [6.07, 6.45) is 2.80. The number of carbonyl (C=O) groups is 1. The smallest absolute Gasteiger partial charge is 0.252 e. The summed E-state index contributed by atoms with van der Waals surface area (Å²) in [5, 5.41) is 2.65. The highest BCUT2D eigenvalue weighted by Gasteiger charge is 2.15. The van der Waals surface area contributed by atoms with Crippen molar-refractivity contribution in [3.63, 3.8) is 0 Å². The van der Waals surface area contributed by atoms with Crippen molar-refractivity contribution in [2.24, 2.45) is 0 Å². The molecule has 1 atom stereocenters. The zero-order valence-electron chi connectivity index (χ0n) is 9.79. The lowest BCUT2D eigenvalue weighted by molar-refractivity contribution is 0.0961. The molecular formula is C12H18N2O. The van der Waals surface area contributed by atoms with Crippen LogP contribution in [0.3, 0.4) is 0 Å². The minimum atomic E-state index is -0.0542. The van der Waals surface area contributed by atoms with Crippen LogP contribution in [0.5, 0.6) is 0 Å². The summed E-state index contributed by atoms with van der Waals surface area (Å²) in [4.78, 5) is 16.0. The van der Waals surface area contributed by atoms with Gasteiger partial charge in [-0.3, -0.25) is 9.78 Å². The number of aromatic nitrogens is 1. The zero-order chi connectivity index (χ0) is 11.4. The number of carbonyl (C=O) groups excluding carboxylic acids is 1. The summed E-state index contributed by atoms with van der Waals surface area (Å²) in [5.74, 6) is 0.263. The standard InChI is InChI=1S/C12H18N2O/c1-5-9(3)11-10(12(15)13-4)6-8(2)7-14-11/h6-7,9H,5H2,1-4H3,(H,13,15). The van der Waals surface area contributed by atoms with Gasteiger partial charge in [-0.05, 0) is 30.9 Å². The van der Waals surface area contributed by atoms with E-state index in [1.165, 1.54) is 0 Å². The second-order valence-corrected chi connectivity index (χ2v) is 3.83. The summed E-state index contributed by atoms with van der Waals surface area (Å²) < 4.78 is 0. The monoisotopic (exact) mass is 206 g/mol. The average molecular weight is 206 g/mol. The highest BCUT2D eigenvalue weighted by atomic mass is 16.1. The Morgan fingerprint density at radius 2 is 2.27 bits per heavy atom. The van der Waals surface area contributed by atoms with E-state index in [1.54, 1.807) is 7.05 Å². The van der Waals surface area contributed by atoms with Crippen LogP contribution in [0.15, 0.2) is 12.3 Å². The molecule has 1 unspecified atom stereocenters. The van der Waals surface area contributed by atoms with Crippen LogP contribution >= 0.6 is 0 Å². The molecule has 1 aromatic heterocycles. The maximum atomic E-state index is 11.7. The molecule has 0 radical (unpaired) electrons. The van der Waals surface area contributed by atoms with Gasteiger partial charge in [0.15, 0.2) is 0 Å². The van der Waals surface area contributed by atoms with E-state index >= 15 is 0 Å². The fourth-order valence-corrected chi connectivity index (χ4v) is 1.48. The summed E-state index contributed by atoms with van der Waals surface area (Å²) in [6, 6.07) is 1.90. The van der Waals surface area contributed by atoms with Crippen molar-refractivity contribution >= 4 is 5.91 Å². The Labute approximate surface area is 90.9 Å². The fraction of sp³-hybridized carbons (Fsp3) is 0.500. The topological polar surface area (TPSA) is 42.0 Å². The fourth-order valence-electron chi connectivity index (χ4n) is 1.48. The van der Waals surface area contributed by atoms with E-state index in [4.69, 9.17) is 0 Å². The van der Waals surface area contributed by atoms with Crippen molar-refractivity contribution in [3.8, 4) is 0 Å². The van der Waals surface area contributed by atoms with Gasteiger partial charge in [-0.15, -0.1) is 0 Å². The van der Waals surface area contributed by atoms with E-state index in [9.17, 15) is 4.79 Å². The third kappa shape index (κ3) is 2.55. The number of hydrogen-bond acceptors (Lipinski definition) is 2. The third-order valence-electron chi connectivity index (χ3n) is 2.61. The Hall–Kier alpha value is -1.38. The molecule has 1 rings (SSSR count). The molecule has 0 aliphatic carbocycles. The van der Waals surface area contributed by atoms with Gasteiger partial charge in [-0.1, -0.05) is 13.8 Å². The summed E-state index contributed by atoms with van der Waals surface area (Å²) in [7, 11) is 1.64. The summed E-state index contributed by atoms with van der Waals surface area (Å²) >= 11 is 0. The van der Waals surface area contributed by atoms with Gasteiger partial charge < -0.3 is 5.32 Å². The lowest BCUT2D eigenvalue weighted by atomic mass is 9.98. The largest absolute Gasteiger partial charge is 0.355 e. The first-order chi connectivity index (χ1) is 7.10. The highest BCUT2D eigenvalue weighted by molar-refractivity contribution is 5.95. The van der Waals surface area contributed by atoms with Crippen molar-refractivity contribution < 1.29 is 4.79 Å². The van der Waals surface area contributed by atoms with Crippen molar-refractivity contribution in [2.75, 3.05) is 7.05 Å². The Kier molecular flexibility index (Phi) is 3.83. The Morgan fingerprint density at radius 3 is 2.80 bits per heavy atom. The van der Waals surface area contributed by atoms with Crippen LogP contribution in [0.4, 0.5) is 0 Å². The first kappa shape index (κ1) is 11.7. The number of hydrogen-bond donors (Lipinski definition) is 1. The second kappa shape index (κ2) is 4.91. The van der Waals surface area contributed by atoms with Crippen LogP contribution < -0.4 is 5.32 Å². The third-order valence-corrected chi connectivity index (χ3v) is 2.61. The van der Waals surface area contributed by atoms with E-state index < -0.39 is 0 Å². The Balaban J connectivity index is 3.20. The molecule has 0 aromatic carbocycles. The van der Waals surface area contributed by atoms with Crippen molar-refractivity contribution in [3.05, 3.63) is 29.1 Å². The molecule has 0 bridgehead atoms. The lowest BCUT2D eigenvalue weighted by Crippen LogP contribution is -2.21. The molecule has 1 aromatic rings. The number of rotatable bonds is 3. The predicted octanol–water partition coefficient (Wildman–Crippen LogP) is 2.26. The first-order valence-electron chi connectivity index (χ1n) is 5.28. The lowest BCUT2D eigenvalue weighted by Gasteiger charge is -2.13. The maximum Gasteiger partial charge on any atom is 0.252 e. The van der Waals surface area contributed by atoms with Gasteiger partial charge in [0.05, 0.1) is 11.3 Å². The Bertz CT molecular complexity index is 361. The van der Waals surface area contributed by atoms with Gasteiger partial charge in [0.25, 0.3) is 5.91 Å². The second-order valence-electron chi connectivity index (χ2n) is 3.83. The molecule has 0 aliphatic rings. The van der Waals surface area contributed by atoms with E-state index in [-0.39, 0.29) is 5.91 Å². The molecule has 82 valence electrons. The van der Waals surface area contributed by atoms with Gasteiger partial charge in [-0.2, -0.15) is 0 Å². The number of nitrogens with one attached hydrogen (secondary N) is 1. The van der Waals surface area contributed by atoms with Crippen molar-refractivity contribution in [1.29, 1.82) is 0 Å². The quantitative estimate of drug-likeness (QED) is 0.824. The minimum absolute atomic E-state index is 0.0542. The van der Waals surface area contributed by atoms with Crippen LogP contribution in [0.1, 0.15) is 47.8 Å². The van der Waals surface area contributed by atoms with Gasteiger partial charge >= 0.3 is 0 Å². The maximum absolute atomic E-state index is 11.7. The van der Waals surface area contributed by atoms with Crippen molar-refractivity contribution in [1.82, 2.24) is 10.3 Å². The van der Waals surface area contributed by atoms with Gasteiger partial charge in [-0.25, -0.2) is 0 Å². The molecule has 0 fully saturated rings. The van der Waals surface area contributed by atoms with E-state index in [0.29, 0.717) is 11.5 Å². The van der Waals surface area contributed by atoms with Crippen LogP contribution in [0.25, 0.3) is 0 Å². The number of pyridine rings is 1. The van der Waals surface area contributed by atoms with E-state index in [1.807, 2.05) is 19.2 Å². The normalized spacial score (nSPS) is 12.3. The average Bonchev–Trinajstić information content (AvgIpc) is 2.26. The molecule has 1 heterocycles. The number of aryl methyl sites for hydroxylation is 1. The predicted molar refractivity (Wildman–Crippen MR) is 61.1 cm³/mol. The SMILES string of the molecule is CCC(C)c1ncc(C)cc1C(=O)NC. The molecule has 0 aliphatic heterocycles. The molecule has 0 spiro atoms. The highest BCUT2D eigenvalue weighted by Crippen LogP contribution is 2.21. The van der Waals surface area contributed by atoms with Gasteiger partial charge in [0.1, 0.15) is 0 Å². The molecular weight excluding hydrogens is 188 g/mol. The molecule has 3 nitrogen and oxygen atoms in total. The van der Waals surface area contributed by atoms with Crippen LogP contribution in [0, 0.1) is 6.92 Å². The molecule has 0 saturated carbocycles. The molecule has 1 N–H and O–H groups in total.